The summed E-state index contributed by atoms with van der Waals surface area (Å²) in [7, 11) is 0. The van der Waals surface area contributed by atoms with Gasteiger partial charge in [0.05, 0.1) is 11.7 Å². The SMILES string of the molecule is CC(C)(C)OC(=O)N1CCC2CCC3CC(OC(=O)c4ccccc4)C(OC(O)c4ccccc4)CC3C21. The number of rotatable bonds is 5. The van der Waals surface area contributed by atoms with Crippen molar-refractivity contribution in [2.45, 2.75) is 83.0 Å². The zero-order chi connectivity index (χ0) is 26.9. The molecule has 204 valence electrons. The summed E-state index contributed by atoms with van der Waals surface area (Å²) in [6.45, 7) is 6.37. The van der Waals surface area contributed by atoms with Crippen LogP contribution in [-0.4, -0.2) is 52.5 Å². The van der Waals surface area contributed by atoms with Crippen molar-refractivity contribution in [3.8, 4) is 0 Å². The molecule has 2 aromatic rings. The second kappa shape index (κ2) is 11.1. The van der Waals surface area contributed by atoms with Crippen molar-refractivity contribution in [1.82, 2.24) is 4.90 Å². The quantitative estimate of drug-likeness (QED) is 0.399. The minimum absolute atomic E-state index is 0.0642. The molecule has 1 saturated heterocycles. The van der Waals surface area contributed by atoms with Crippen LogP contribution in [0.1, 0.15) is 75.1 Å². The molecule has 0 radical (unpaired) electrons. The Morgan fingerprint density at radius 2 is 1.55 bits per heavy atom. The lowest BCUT2D eigenvalue weighted by atomic mass is 9.63. The van der Waals surface area contributed by atoms with Crippen molar-refractivity contribution in [3.63, 3.8) is 0 Å². The van der Waals surface area contributed by atoms with E-state index in [1.807, 2.05) is 74.2 Å². The molecule has 1 heterocycles. The molecule has 2 aromatic carbocycles. The first kappa shape index (κ1) is 26.7. The molecule has 7 heteroatoms. The molecule has 1 aliphatic heterocycles. The summed E-state index contributed by atoms with van der Waals surface area (Å²) >= 11 is 0. The number of esters is 1. The number of ether oxygens (including phenoxy) is 3. The molecule has 5 rings (SSSR count). The standard InChI is InChI=1S/C31H39NO6/c1-31(2,3)38-30(35)32-17-16-20-14-15-23-18-25(36-28(33)21-10-6-4-7-11-21)26(19-24(23)27(20)32)37-29(34)22-12-8-5-9-13-22/h4-13,20,23-27,29,34H,14-19H2,1-3H3. The largest absolute Gasteiger partial charge is 0.456 e. The summed E-state index contributed by atoms with van der Waals surface area (Å²) in [4.78, 5) is 28.1. The van der Waals surface area contributed by atoms with E-state index >= 15 is 0 Å². The second-order valence-corrected chi connectivity index (χ2v) is 11.9. The number of benzene rings is 2. The summed E-state index contributed by atoms with van der Waals surface area (Å²) in [6, 6.07) is 18.3. The Hall–Kier alpha value is -2.90. The molecule has 0 bridgehead atoms. The molecule has 1 N–H and O–H groups in total. The molecule has 2 saturated carbocycles. The van der Waals surface area contributed by atoms with E-state index in [-0.39, 0.29) is 24.0 Å². The highest BCUT2D eigenvalue weighted by atomic mass is 16.6. The zero-order valence-corrected chi connectivity index (χ0v) is 22.5. The lowest BCUT2D eigenvalue weighted by molar-refractivity contribution is -0.195. The third-order valence-corrected chi connectivity index (χ3v) is 8.27. The van der Waals surface area contributed by atoms with Crippen LogP contribution in [-0.2, 0) is 14.2 Å². The molecule has 3 aliphatic rings. The minimum Gasteiger partial charge on any atom is -0.456 e. The first-order valence-corrected chi connectivity index (χ1v) is 13.8. The Bertz CT molecular complexity index is 1100. The molecule has 7 atom stereocenters. The first-order chi connectivity index (χ1) is 18.2. The van der Waals surface area contributed by atoms with E-state index in [1.165, 1.54) is 0 Å². The molecule has 0 spiro atoms. The summed E-state index contributed by atoms with van der Waals surface area (Å²) in [5.74, 6) is 0.513. The van der Waals surface area contributed by atoms with Crippen LogP contribution in [0.15, 0.2) is 60.7 Å². The van der Waals surface area contributed by atoms with Crippen LogP contribution in [0.25, 0.3) is 0 Å². The summed E-state index contributed by atoms with van der Waals surface area (Å²) in [5.41, 5.74) is 0.589. The van der Waals surface area contributed by atoms with Gasteiger partial charge in [0.2, 0.25) is 0 Å². The van der Waals surface area contributed by atoms with Gasteiger partial charge >= 0.3 is 12.1 Å². The van der Waals surface area contributed by atoms with Crippen molar-refractivity contribution in [1.29, 1.82) is 0 Å². The van der Waals surface area contributed by atoms with E-state index < -0.39 is 24.1 Å². The maximum Gasteiger partial charge on any atom is 0.410 e. The van der Waals surface area contributed by atoms with Gasteiger partial charge in [-0.15, -0.1) is 0 Å². The van der Waals surface area contributed by atoms with Crippen LogP contribution in [0, 0.1) is 17.8 Å². The van der Waals surface area contributed by atoms with E-state index in [0.29, 0.717) is 42.3 Å². The number of aliphatic hydroxyl groups is 1. The maximum atomic E-state index is 13.2. The lowest BCUT2D eigenvalue weighted by Crippen LogP contribution is -2.54. The van der Waals surface area contributed by atoms with Gasteiger partial charge in [0.15, 0.2) is 6.29 Å². The second-order valence-electron chi connectivity index (χ2n) is 11.9. The van der Waals surface area contributed by atoms with Gasteiger partial charge in [-0.2, -0.15) is 0 Å². The van der Waals surface area contributed by atoms with E-state index in [1.54, 1.807) is 12.1 Å². The van der Waals surface area contributed by atoms with Gasteiger partial charge < -0.3 is 24.2 Å². The van der Waals surface area contributed by atoms with Crippen LogP contribution in [0.4, 0.5) is 4.79 Å². The molecule has 38 heavy (non-hydrogen) atoms. The molecule has 1 amide bonds. The fraction of sp³-hybridized carbons (Fsp3) is 0.548. The maximum absolute atomic E-state index is 13.2. The van der Waals surface area contributed by atoms with Crippen molar-refractivity contribution in [3.05, 3.63) is 71.8 Å². The van der Waals surface area contributed by atoms with Gasteiger partial charge in [-0.1, -0.05) is 48.5 Å². The summed E-state index contributed by atoms with van der Waals surface area (Å²) in [5, 5.41) is 10.9. The van der Waals surface area contributed by atoms with Crippen LogP contribution >= 0.6 is 0 Å². The van der Waals surface area contributed by atoms with Gasteiger partial charge in [-0.3, -0.25) is 0 Å². The Morgan fingerprint density at radius 1 is 0.895 bits per heavy atom. The molecule has 0 aromatic heterocycles. The number of carbonyl (C=O) groups is 2. The highest BCUT2D eigenvalue weighted by Gasteiger charge is 2.53. The fourth-order valence-electron chi connectivity index (χ4n) is 6.63. The summed E-state index contributed by atoms with van der Waals surface area (Å²) in [6.07, 6.45) is 1.89. The third-order valence-electron chi connectivity index (χ3n) is 8.27. The lowest BCUT2D eigenvalue weighted by Gasteiger charge is -2.49. The predicted octanol–water partition coefficient (Wildman–Crippen LogP) is 5.73. The number of hydrogen-bond acceptors (Lipinski definition) is 6. The zero-order valence-electron chi connectivity index (χ0n) is 22.5. The van der Waals surface area contributed by atoms with Crippen LogP contribution < -0.4 is 0 Å². The van der Waals surface area contributed by atoms with Crippen molar-refractivity contribution >= 4 is 12.1 Å². The van der Waals surface area contributed by atoms with E-state index in [4.69, 9.17) is 14.2 Å². The van der Waals surface area contributed by atoms with Crippen LogP contribution in [0.3, 0.4) is 0 Å². The van der Waals surface area contributed by atoms with E-state index in [9.17, 15) is 14.7 Å². The molecule has 7 unspecified atom stereocenters. The topological polar surface area (TPSA) is 85.3 Å². The molecule has 3 fully saturated rings. The first-order valence-electron chi connectivity index (χ1n) is 13.8. The van der Waals surface area contributed by atoms with E-state index in [2.05, 4.69) is 0 Å². The molecule has 2 aliphatic carbocycles. The average molecular weight is 522 g/mol. The normalized spacial score (nSPS) is 29.6. The number of likely N-dealkylation sites (tertiary alicyclic amines) is 1. The Kier molecular flexibility index (Phi) is 7.78. The Labute approximate surface area is 225 Å². The molecular weight excluding hydrogens is 482 g/mol. The van der Waals surface area contributed by atoms with Gasteiger partial charge in [-0.05, 0) is 82.8 Å². The Morgan fingerprint density at radius 3 is 2.24 bits per heavy atom. The van der Waals surface area contributed by atoms with Crippen molar-refractivity contribution < 1.29 is 28.9 Å². The minimum atomic E-state index is -1.14. The monoisotopic (exact) mass is 521 g/mol. The van der Waals surface area contributed by atoms with Gasteiger partial charge in [0, 0.05) is 18.2 Å². The number of aliphatic hydroxyl groups excluding tert-OH is 1. The van der Waals surface area contributed by atoms with E-state index in [0.717, 1.165) is 19.3 Å². The highest BCUT2D eigenvalue weighted by Crippen LogP contribution is 2.50. The molecular formula is C31H39NO6. The number of nitrogens with zero attached hydrogens (tertiary/aromatic N) is 1. The fourth-order valence-corrected chi connectivity index (χ4v) is 6.63. The van der Waals surface area contributed by atoms with Gasteiger partial charge in [-0.25, -0.2) is 9.59 Å². The van der Waals surface area contributed by atoms with Crippen LogP contribution in [0.5, 0.6) is 0 Å². The highest BCUT2D eigenvalue weighted by molar-refractivity contribution is 5.89. The predicted molar refractivity (Wildman–Crippen MR) is 142 cm³/mol. The third kappa shape index (κ3) is 5.89. The number of hydrogen-bond donors (Lipinski definition) is 1. The van der Waals surface area contributed by atoms with Gasteiger partial charge in [0.25, 0.3) is 0 Å². The smallest absolute Gasteiger partial charge is 0.410 e. The van der Waals surface area contributed by atoms with Crippen LogP contribution in [0.2, 0.25) is 0 Å². The summed E-state index contributed by atoms with van der Waals surface area (Å²) < 4.78 is 18.1. The molecule has 7 nitrogen and oxygen atoms in total. The number of carbonyl (C=O) groups excluding carboxylic acids is 2. The van der Waals surface area contributed by atoms with Crippen molar-refractivity contribution in [2.75, 3.05) is 6.54 Å². The average Bonchev–Trinajstić information content (AvgIpc) is 3.34. The number of fused-ring (bicyclic) bond motifs is 3. The number of amides is 1. The van der Waals surface area contributed by atoms with Gasteiger partial charge in [0.1, 0.15) is 11.7 Å². The van der Waals surface area contributed by atoms with Crippen molar-refractivity contribution in [2.24, 2.45) is 17.8 Å². The Balaban J connectivity index is 1.38.